The molecule has 0 N–H and O–H groups in total. The molecule has 0 amide bonds. The molecule has 1 atom stereocenters. The first-order valence-electron chi connectivity index (χ1n) is 22.6. The molecule has 6 heterocycles. The fourth-order valence-electron chi connectivity index (χ4n) is 8.28. The van der Waals surface area contributed by atoms with E-state index in [1.807, 2.05) is 34.0 Å². The Kier molecular flexibility index (Phi) is 19.5. The Morgan fingerprint density at radius 2 is 1.07 bits per heavy atom. The van der Waals surface area contributed by atoms with Crippen molar-refractivity contribution in [1.29, 1.82) is 0 Å². The molecular weight excluding hydrogens is 797 g/mol. The zero-order chi connectivity index (χ0) is 38.7. The molecule has 2 nitrogen and oxygen atoms in total. The van der Waals surface area contributed by atoms with Crippen LogP contribution in [0.2, 0.25) is 0 Å². The number of hydrogen-bond acceptors (Lipinski definition) is 8. The Labute approximate surface area is 364 Å². The maximum Gasteiger partial charge on any atom is 0.155 e. The standard InChI is InChI=1S/C48H68N2S6/c1-3-5-7-9-11-13-15-17-19-21-23-25-28-38-32-36-52-42(38)40-31-34-48(56-40,47-50-46-45(55-47)49-44(54-46)41-30-27-35-51-41)43-39(33-37-53-43)29-26-24-22-20-18-16-14-12-10-8-6-4-2/h27,30-33,35-37H,3-26,28-29,34H2,1-2H3. The molecule has 306 valence electrons. The first-order chi connectivity index (χ1) is 27.7. The lowest BCUT2D eigenvalue weighted by molar-refractivity contribution is 0.543. The van der Waals surface area contributed by atoms with Crippen LogP contribution < -0.4 is 0 Å². The van der Waals surface area contributed by atoms with Gasteiger partial charge in [-0.15, -0.1) is 45.8 Å². The second kappa shape index (κ2) is 24.7. The molecule has 0 aromatic carbocycles. The van der Waals surface area contributed by atoms with E-state index in [9.17, 15) is 0 Å². The highest BCUT2D eigenvalue weighted by atomic mass is 32.2. The Hall–Kier alpha value is -1.29. The maximum absolute atomic E-state index is 5.45. The third-order valence-corrected chi connectivity index (χ3v) is 18.8. The lowest BCUT2D eigenvalue weighted by Gasteiger charge is -2.27. The summed E-state index contributed by atoms with van der Waals surface area (Å²) in [6.07, 6.45) is 39.5. The van der Waals surface area contributed by atoms with Gasteiger partial charge in [0.1, 0.15) is 14.8 Å². The molecule has 1 aliphatic heterocycles. The van der Waals surface area contributed by atoms with Gasteiger partial charge in [-0.25, -0.2) is 9.97 Å². The molecule has 56 heavy (non-hydrogen) atoms. The van der Waals surface area contributed by atoms with Crippen molar-refractivity contribution in [3.63, 3.8) is 0 Å². The van der Waals surface area contributed by atoms with Crippen molar-refractivity contribution in [2.75, 3.05) is 0 Å². The SMILES string of the molecule is CCCCCCCCCCCCCCc1ccsc1C1=CCC(c2nc3sc(-c4cccs4)nc3s2)(c2sccc2CCCCCCCCCCCCCC)S1. The van der Waals surface area contributed by atoms with Crippen molar-refractivity contribution >= 4 is 83.0 Å². The molecule has 5 aromatic heterocycles. The van der Waals surface area contributed by atoms with Gasteiger partial charge in [0.15, 0.2) is 9.66 Å². The largest absolute Gasteiger partial charge is 0.227 e. The van der Waals surface area contributed by atoms with Crippen molar-refractivity contribution in [1.82, 2.24) is 9.97 Å². The van der Waals surface area contributed by atoms with Gasteiger partial charge in [-0.05, 0) is 77.6 Å². The minimum atomic E-state index is -0.165. The predicted molar refractivity (Wildman–Crippen MR) is 258 cm³/mol. The summed E-state index contributed by atoms with van der Waals surface area (Å²) in [5, 5.41) is 9.20. The van der Waals surface area contributed by atoms with Gasteiger partial charge >= 0.3 is 0 Å². The van der Waals surface area contributed by atoms with Crippen molar-refractivity contribution in [2.24, 2.45) is 0 Å². The predicted octanol–water partition coefficient (Wildman–Crippen LogP) is 18.5. The number of rotatable bonds is 30. The zero-order valence-electron chi connectivity index (χ0n) is 34.6. The first kappa shape index (κ1) is 44.3. The van der Waals surface area contributed by atoms with Crippen molar-refractivity contribution in [3.8, 4) is 9.88 Å². The maximum atomic E-state index is 5.45. The number of aryl methyl sites for hydroxylation is 2. The van der Waals surface area contributed by atoms with E-state index in [4.69, 9.17) is 9.97 Å². The number of thioether (sulfide) groups is 1. The van der Waals surface area contributed by atoms with Gasteiger partial charge in [-0.1, -0.05) is 190 Å². The lowest BCUT2D eigenvalue weighted by atomic mass is 9.96. The summed E-state index contributed by atoms with van der Waals surface area (Å²) in [7, 11) is 0. The molecule has 6 rings (SSSR count). The molecule has 1 unspecified atom stereocenters. The van der Waals surface area contributed by atoms with E-state index in [1.54, 1.807) is 33.8 Å². The Morgan fingerprint density at radius 3 is 1.64 bits per heavy atom. The number of allylic oxidation sites excluding steroid dienone is 1. The molecule has 1 aliphatic rings. The van der Waals surface area contributed by atoms with Crippen molar-refractivity contribution in [3.05, 3.63) is 72.4 Å². The summed E-state index contributed by atoms with van der Waals surface area (Å²) in [4.78, 5) is 18.5. The van der Waals surface area contributed by atoms with Crippen LogP contribution in [0.4, 0.5) is 0 Å². The normalized spacial score (nSPS) is 15.8. The van der Waals surface area contributed by atoms with Gasteiger partial charge in [0.05, 0.1) is 4.88 Å². The van der Waals surface area contributed by atoms with Crippen LogP contribution in [0.5, 0.6) is 0 Å². The molecule has 0 saturated heterocycles. The zero-order valence-corrected chi connectivity index (χ0v) is 39.5. The summed E-state index contributed by atoms with van der Waals surface area (Å²) in [6.45, 7) is 4.62. The average Bonchev–Trinajstić information content (AvgIpc) is 4.06. The molecular formula is C48H68N2S6. The van der Waals surface area contributed by atoms with Crippen LogP contribution in [0.25, 0.3) is 24.5 Å². The molecule has 0 bridgehead atoms. The lowest BCUT2D eigenvalue weighted by Crippen LogP contribution is -2.20. The molecule has 0 fully saturated rings. The highest BCUT2D eigenvalue weighted by molar-refractivity contribution is 8.10. The number of unbranched alkanes of at least 4 members (excludes halogenated alkanes) is 22. The molecule has 8 heteroatoms. The average molecular weight is 865 g/mol. The monoisotopic (exact) mass is 864 g/mol. The number of thiazole rings is 2. The molecule has 0 saturated carbocycles. The van der Waals surface area contributed by atoms with Crippen LogP contribution in [0, 0.1) is 0 Å². The Bertz CT molecular complexity index is 1790. The second-order valence-corrected chi connectivity index (χ2v) is 22.2. The molecule has 0 spiro atoms. The van der Waals surface area contributed by atoms with Crippen molar-refractivity contribution < 1.29 is 0 Å². The summed E-state index contributed by atoms with van der Waals surface area (Å²) in [5.74, 6) is 0. The van der Waals surface area contributed by atoms with Crippen LogP contribution >= 0.6 is 68.4 Å². The fourth-order valence-corrected chi connectivity index (χ4v) is 15.3. The van der Waals surface area contributed by atoms with E-state index >= 15 is 0 Å². The first-order valence-corrected chi connectivity index (χ1v) is 27.6. The number of nitrogens with zero attached hydrogens (tertiary/aromatic N) is 2. The van der Waals surface area contributed by atoms with Gasteiger partial charge in [0, 0.05) is 14.7 Å². The highest BCUT2D eigenvalue weighted by Crippen LogP contribution is 2.61. The van der Waals surface area contributed by atoms with E-state index in [-0.39, 0.29) is 4.75 Å². The van der Waals surface area contributed by atoms with Crippen LogP contribution in [-0.4, -0.2) is 9.97 Å². The van der Waals surface area contributed by atoms with Gasteiger partial charge in [-0.3, -0.25) is 0 Å². The topological polar surface area (TPSA) is 25.8 Å². The van der Waals surface area contributed by atoms with E-state index < -0.39 is 0 Å². The number of thiophene rings is 3. The minimum Gasteiger partial charge on any atom is -0.227 e. The summed E-state index contributed by atoms with van der Waals surface area (Å²) in [6, 6.07) is 9.16. The minimum absolute atomic E-state index is 0.165. The van der Waals surface area contributed by atoms with Gasteiger partial charge in [0.2, 0.25) is 0 Å². The summed E-state index contributed by atoms with van der Waals surface area (Å²) < 4.78 is -0.165. The smallest absolute Gasteiger partial charge is 0.155 e. The van der Waals surface area contributed by atoms with E-state index in [2.05, 4.69) is 72.1 Å². The molecule has 5 aromatic rings. The van der Waals surface area contributed by atoms with Gasteiger partial charge < -0.3 is 0 Å². The quantitative estimate of drug-likeness (QED) is 0.0430. The number of fused-ring (bicyclic) bond motifs is 1. The Morgan fingerprint density at radius 1 is 0.536 bits per heavy atom. The van der Waals surface area contributed by atoms with Crippen molar-refractivity contribution in [2.45, 2.75) is 192 Å². The number of hydrogen-bond donors (Lipinski definition) is 0. The van der Waals surface area contributed by atoms with Crippen LogP contribution in [0.15, 0.2) is 46.5 Å². The van der Waals surface area contributed by atoms with E-state index in [0.717, 1.165) is 21.1 Å². The van der Waals surface area contributed by atoms with E-state index in [0.29, 0.717) is 0 Å². The molecule has 0 aliphatic carbocycles. The van der Waals surface area contributed by atoms with Crippen LogP contribution in [0.1, 0.15) is 200 Å². The summed E-state index contributed by atoms with van der Waals surface area (Å²) in [5.41, 5.74) is 3.11. The van der Waals surface area contributed by atoms with Gasteiger partial charge in [0.25, 0.3) is 0 Å². The van der Waals surface area contributed by atoms with Crippen LogP contribution in [0.3, 0.4) is 0 Å². The third-order valence-electron chi connectivity index (χ3n) is 11.6. The highest BCUT2D eigenvalue weighted by Gasteiger charge is 2.45. The fraction of sp³-hybridized carbons (Fsp3) is 0.625. The summed E-state index contributed by atoms with van der Waals surface area (Å²) >= 11 is 11.4. The van der Waals surface area contributed by atoms with E-state index in [1.165, 1.54) is 191 Å². The molecule has 0 radical (unpaired) electrons. The van der Waals surface area contributed by atoms with Crippen LogP contribution in [-0.2, 0) is 17.6 Å². The van der Waals surface area contributed by atoms with Gasteiger partial charge in [-0.2, -0.15) is 0 Å². The second-order valence-electron chi connectivity index (χ2n) is 16.2. The Balaban J connectivity index is 1.05. The number of aromatic nitrogens is 2. The third kappa shape index (κ3) is 12.9.